The maximum Gasteiger partial charge on any atom is 0.417 e. The van der Waals surface area contributed by atoms with Gasteiger partial charge in [0, 0.05) is 48.3 Å². The standard InChI is InChI=1S/C23H24ClF3N4O/c1-13-14(2)30-20-4-3-15(9-18(13)20)11-29-22(32)16-5-7-31(8-6-16)21-19(24)10-17(12-28-21)23(25,26)27/h3-4,9-10,12,16,30H,5-8,11H2,1-2H3,(H,29,32). The van der Waals surface area contributed by atoms with E-state index in [1.807, 2.05) is 24.0 Å². The fraction of sp³-hybridized carbons (Fsp3) is 0.391. The zero-order valence-electron chi connectivity index (χ0n) is 17.8. The molecule has 3 heterocycles. The van der Waals surface area contributed by atoms with Crippen LogP contribution in [0.4, 0.5) is 19.0 Å². The van der Waals surface area contributed by atoms with E-state index in [0.29, 0.717) is 38.3 Å². The van der Waals surface area contributed by atoms with Crippen LogP contribution in [0.5, 0.6) is 0 Å². The van der Waals surface area contributed by atoms with Gasteiger partial charge in [0.15, 0.2) is 0 Å². The number of hydrogen-bond donors (Lipinski definition) is 2. The average molecular weight is 465 g/mol. The molecule has 3 aromatic rings. The Kier molecular flexibility index (Phi) is 6.07. The van der Waals surface area contributed by atoms with Crippen LogP contribution in [0.15, 0.2) is 30.5 Å². The lowest BCUT2D eigenvalue weighted by Crippen LogP contribution is -2.40. The number of piperidine rings is 1. The lowest BCUT2D eigenvalue weighted by atomic mass is 9.95. The van der Waals surface area contributed by atoms with Gasteiger partial charge in [-0.15, -0.1) is 0 Å². The largest absolute Gasteiger partial charge is 0.417 e. The molecule has 0 radical (unpaired) electrons. The van der Waals surface area contributed by atoms with Gasteiger partial charge in [-0.25, -0.2) is 4.98 Å². The minimum absolute atomic E-state index is 0.0156. The van der Waals surface area contributed by atoms with E-state index in [4.69, 9.17) is 11.6 Å². The van der Waals surface area contributed by atoms with Crippen LogP contribution in [0.25, 0.3) is 10.9 Å². The summed E-state index contributed by atoms with van der Waals surface area (Å²) in [5, 5.41) is 4.14. The van der Waals surface area contributed by atoms with Gasteiger partial charge in [0.1, 0.15) is 5.82 Å². The number of nitrogens with zero attached hydrogens (tertiary/aromatic N) is 2. The molecule has 1 aliphatic heterocycles. The van der Waals surface area contributed by atoms with Gasteiger partial charge >= 0.3 is 6.18 Å². The third-order valence-corrected chi connectivity index (χ3v) is 6.43. The predicted molar refractivity (Wildman–Crippen MR) is 119 cm³/mol. The minimum Gasteiger partial charge on any atom is -0.358 e. The lowest BCUT2D eigenvalue weighted by Gasteiger charge is -2.32. The Labute approximate surface area is 189 Å². The van der Waals surface area contributed by atoms with Crippen molar-refractivity contribution in [3.05, 3.63) is 57.9 Å². The smallest absolute Gasteiger partial charge is 0.358 e. The number of pyridine rings is 1. The van der Waals surface area contributed by atoms with Crippen LogP contribution in [0.2, 0.25) is 5.02 Å². The van der Waals surface area contributed by atoms with Crippen molar-refractivity contribution in [3.63, 3.8) is 0 Å². The molecule has 0 spiro atoms. The highest BCUT2D eigenvalue weighted by atomic mass is 35.5. The SMILES string of the molecule is Cc1[nH]c2ccc(CNC(=O)C3CCN(c4ncc(C(F)(F)F)cc4Cl)CC3)cc2c1C. The van der Waals surface area contributed by atoms with Crippen molar-refractivity contribution in [2.45, 2.75) is 39.4 Å². The number of carbonyl (C=O) groups is 1. The van der Waals surface area contributed by atoms with E-state index in [1.165, 1.54) is 5.56 Å². The normalized spacial score (nSPS) is 15.4. The number of fused-ring (bicyclic) bond motifs is 1. The van der Waals surface area contributed by atoms with Crippen LogP contribution in [-0.2, 0) is 17.5 Å². The van der Waals surface area contributed by atoms with Crippen LogP contribution in [-0.4, -0.2) is 29.0 Å². The van der Waals surface area contributed by atoms with Gasteiger partial charge in [-0.05, 0) is 56.0 Å². The van der Waals surface area contributed by atoms with Crippen LogP contribution < -0.4 is 10.2 Å². The molecule has 1 saturated heterocycles. The quantitative estimate of drug-likeness (QED) is 0.544. The molecule has 170 valence electrons. The number of aromatic nitrogens is 2. The monoisotopic (exact) mass is 464 g/mol. The Morgan fingerprint density at radius 3 is 2.62 bits per heavy atom. The average Bonchev–Trinajstić information content (AvgIpc) is 3.04. The molecule has 0 saturated carbocycles. The van der Waals surface area contributed by atoms with Gasteiger partial charge in [0.25, 0.3) is 0 Å². The molecule has 1 amide bonds. The number of alkyl halides is 3. The molecule has 32 heavy (non-hydrogen) atoms. The number of hydrogen-bond acceptors (Lipinski definition) is 3. The summed E-state index contributed by atoms with van der Waals surface area (Å²) in [4.78, 5) is 21.8. The first-order valence-corrected chi connectivity index (χ1v) is 10.8. The second-order valence-electron chi connectivity index (χ2n) is 8.26. The predicted octanol–water partition coefficient (Wildman–Crippen LogP) is 5.38. The van der Waals surface area contributed by atoms with Gasteiger partial charge in [-0.1, -0.05) is 17.7 Å². The lowest BCUT2D eigenvalue weighted by molar-refractivity contribution is -0.137. The first-order valence-electron chi connectivity index (χ1n) is 10.5. The van der Waals surface area contributed by atoms with E-state index in [1.54, 1.807) is 0 Å². The number of anilines is 1. The Hall–Kier alpha value is -2.74. The summed E-state index contributed by atoms with van der Waals surface area (Å²) >= 11 is 6.05. The Morgan fingerprint density at radius 1 is 1.25 bits per heavy atom. The summed E-state index contributed by atoms with van der Waals surface area (Å²) in [6.07, 6.45) is -2.52. The molecule has 0 aliphatic carbocycles. The number of aryl methyl sites for hydroxylation is 2. The van der Waals surface area contributed by atoms with Crippen LogP contribution in [0.3, 0.4) is 0 Å². The maximum atomic E-state index is 12.8. The molecular weight excluding hydrogens is 441 g/mol. The van der Waals surface area contributed by atoms with E-state index in [2.05, 4.69) is 28.3 Å². The van der Waals surface area contributed by atoms with E-state index in [0.717, 1.165) is 34.4 Å². The molecule has 9 heteroatoms. The number of H-pyrrole nitrogens is 1. The van der Waals surface area contributed by atoms with Crippen LogP contribution >= 0.6 is 11.6 Å². The molecule has 5 nitrogen and oxygen atoms in total. The number of amides is 1. The molecule has 4 rings (SSSR count). The van der Waals surface area contributed by atoms with Gasteiger partial charge in [0.05, 0.1) is 10.6 Å². The molecular formula is C23H24ClF3N4O. The van der Waals surface area contributed by atoms with Crippen molar-refractivity contribution < 1.29 is 18.0 Å². The maximum absolute atomic E-state index is 12.8. The third kappa shape index (κ3) is 4.55. The molecule has 2 aromatic heterocycles. The molecule has 0 atom stereocenters. The first kappa shape index (κ1) is 22.5. The Morgan fingerprint density at radius 2 is 1.97 bits per heavy atom. The van der Waals surface area contributed by atoms with Gasteiger partial charge in [0.2, 0.25) is 5.91 Å². The highest BCUT2D eigenvalue weighted by Crippen LogP contribution is 2.34. The van der Waals surface area contributed by atoms with E-state index in [-0.39, 0.29) is 16.8 Å². The molecule has 1 aromatic carbocycles. The van der Waals surface area contributed by atoms with E-state index >= 15 is 0 Å². The zero-order chi connectivity index (χ0) is 23.0. The van der Waals surface area contributed by atoms with Crippen molar-refractivity contribution in [1.82, 2.24) is 15.3 Å². The number of benzene rings is 1. The third-order valence-electron chi connectivity index (χ3n) is 6.15. The van der Waals surface area contributed by atoms with E-state index < -0.39 is 11.7 Å². The summed E-state index contributed by atoms with van der Waals surface area (Å²) in [6.45, 7) is 5.57. The number of rotatable bonds is 4. The topological polar surface area (TPSA) is 61.0 Å². The summed E-state index contributed by atoms with van der Waals surface area (Å²) in [5.74, 6) is 0.154. The minimum atomic E-state index is -4.48. The summed E-state index contributed by atoms with van der Waals surface area (Å²) < 4.78 is 38.4. The first-order chi connectivity index (χ1) is 15.1. The fourth-order valence-corrected chi connectivity index (χ4v) is 4.41. The molecule has 0 bridgehead atoms. The number of carbonyl (C=O) groups excluding carboxylic acids is 1. The van der Waals surface area contributed by atoms with Gasteiger partial charge < -0.3 is 15.2 Å². The van der Waals surface area contributed by atoms with Crippen LogP contribution in [0, 0.1) is 19.8 Å². The highest BCUT2D eigenvalue weighted by Gasteiger charge is 2.33. The van der Waals surface area contributed by atoms with Crippen molar-refractivity contribution in [2.75, 3.05) is 18.0 Å². The van der Waals surface area contributed by atoms with Gasteiger partial charge in [-0.2, -0.15) is 13.2 Å². The number of aromatic amines is 1. The molecule has 2 N–H and O–H groups in total. The molecule has 1 fully saturated rings. The summed E-state index contributed by atoms with van der Waals surface area (Å²) in [5.41, 5.74) is 3.58. The summed E-state index contributed by atoms with van der Waals surface area (Å²) in [7, 11) is 0. The second-order valence-corrected chi connectivity index (χ2v) is 8.67. The van der Waals surface area contributed by atoms with Crippen molar-refractivity contribution in [1.29, 1.82) is 0 Å². The van der Waals surface area contributed by atoms with Crippen molar-refractivity contribution in [3.8, 4) is 0 Å². The molecule has 1 aliphatic rings. The summed E-state index contributed by atoms with van der Waals surface area (Å²) in [6, 6.07) is 7.01. The zero-order valence-corrected chi connectivity index (χ0v) is 18.6. The fourth-order valence-electron chi connectivity index (χ4n) is 4.12. The van der Waals surface area contributed by atoms with E-state index in [9.17, 15) is 18.0 Å². The van der Waals surface area contributed by atoms with Crippen LogP contribution in [0.1, 0.15) is 35.2 Å². The van der Waals surface area contributed by atoms with Gasteiger partial charge in [-0.3, -0.25) is 4.79 Å². The molecule has 0 unspecified atom stereocenters. The Bertz CT molecular complexity index is 1150. The number of nitrogens with one attached hydrogen (secondary N) is 2. The highest BCUT2D eigenvalue weighted by molar-refractivity contribution is 6.33. The van der Waals surface area contributed by atoms with Crippen molar-refractivity contribution in [2.24, 2.45) is 5.92 Å². The van der Waals surface area contributed by atoms with Crippen molar-refractivity contribution >= 4 is 34.2 Å². The Balaban J connectivity index is 1.33. The second kappa shape index (κ2) is 8.65. The number of halogens is 4.